The van der Waals surface area contributed by atoms with E-state index in [1.54, 1.807) is 0 Å². The number of hydrogen-bond donors (Lipinski definition) is 1. The van der Waals surface area contributed by atoms with E-state index in [1.165, 1.54) is 16.6 Å². The third kappa shape index (κ3) is 2.16. The molecule has 1 N–H and O–H groups in total. The summed E-state index contributed by atoms with van der Waals surface area (Å²) >= 11 is 0. The van der Waals surface area contributed by atoms with Crippen LogP contribution in [-0.4, -0.2) is 44.4 Å². The second-order valence-corrected chi connectivity index (χ2v) is 5.52. The van der Waals surface area contributed by atoms with E-state index in [4.69, 9.17) is 0 Å². The molecule has 4 nitrogen and oxygen atoms in total. The van der Waals surface area contributed by atoms with Crippen molar-refractivity contribution in [3.05, 3.63) is 30.5 Å². The van der Waals surface area contributed by atoms with E-state index in [1.807, 2.05) is 0 Å². The van der Waals surface area contributed by atoms with Crippen LogP contribution in [0.2, 0.25) is 0 Å². The second-order valence-electron chi connectivity index (χ2n) is 5.52. The molecule has 1 aromatic carbocycles. The molecule has 19 heavy (non-hydrogen) atoms. The molecule has 1 aliphatic rings. The Morgan fingerprint density at radius 2 is 2.11 bits per heavy atom. The maximum Gasteiger partial charge on any atom is 0.0715 e. The Morgan fingerprint density at radius 1 is 1.26 bits per heavy atom. The van der Waals surface area contributed by atoms with E-state index in [0.717, 1.165) is 19.6 Å². The fourth-order valence-corrected chi connectivity index (χ4v) is 2.91. The molecule has 0 amide bonds. The lowest BCUT2D eigenvalue weighted by atomic mass is 10.1. The van der Waals surface area contributed by atoms with E-state index < -0.39 is 0 Å². The summed E-state index contributed by atoms with van der Waals surface area (Å²) in [6.45, 7) is 5.46. The Kier molecular flexibility index (Phi) is 3.11. The zero-order valence-corrected chi connectivity index (χ0v) is 11.9. The number of fused-ring (bicyclic) bond motifs is 1. The first-order valence-electron chi connectivity index (χ1n) is 6.93. The zero-order valence-electron chi connectivity index (χ0n) is 11.9. The number of piperazine rings is 1. The highest BCUT2D eigenvalue weighted by Crippen LogP contribution is 2.28. The van der Waals surface area contributed by atoms with E-state index >= 15 is 0 Å². The van der Waals surface area contributed by atoms with Crippen LogP contribution in [0.15, 0.2) is 30.5 Å². The van der Waals surface area contributed by atoms with Gasteiger partial charge in [-0.3, -0.25) is 4.68 Å². The van der Waals surface area contributed by atoms with Crippen LogP contribution in [0.1, 0.15) is 6.92 Å². The van der Waals surface area contributed by atoms with Gasteiger partial charge in [-0.1, -0.05) is 6.07 Å². The van der Waals surface area contributed by atoms with Crippen LogP contribution in [0.4, 0.5) is 5.69 Å². The first-order chi connectivity index (χ1) is 9.16. The predicted octanol–water partition coefficient (Wildman–Crippen LogP) is 1.64. The Morgan fingerprint density at radius 3 is 2.84 bits per heavy atom. The van der Waals surface area contributed by atoms with Crippen LogP contribution < -0.4 is 15.2 Å². The van der Waals surface area contributed by atoms with E-state index in [-0.39, 0.29) is 0 Å². The van der Waals surface area contributed by atoms with E-state index in [0.29, 0.717) is 6.04 Å². The third-order valence-electron chi connectivity index (χ3n) is 3.83. The molecule has 1 saturated heterocycles. The molecular formula is C15H22N4. The first-order valence-corrected chi connectivity index (χ1v) is 6.93. The molecule has 2 heterocycles. The molecule has 4 heteroatoms. The third-order valence-corrected chi connectivity index (χ3v) is 3.83. The second kappa shape index (κ2) is 4.78. The molecule has 3 rings (SSSR count). The van der Waals surface area contributed by atoms with Crippen LogP contribution in [-0.2, 0) is 0 Å². The predicted molar refractivity (Wildman–Crippen MR) is 81.7 cm³/mol. The molecule has 0 aliphatic carbocycles. The van der Waals surface area contributed by atoms with Gasteiger partial charge in [0.15, 0.2) is 0 Å². The molecule has 0 bridgehead atoms. The maximum absolute atomic E-state index is 3.50. The molecular weight excluding hydrogens is 236 g/mol. The monoisotopic (exact) mass is 258 g/mol. The molecule has 1 aliphatic heterocycles. The highest BCUT2D eigenvalue weighted by molar-refractivity contribution is 5.93. The summed E-state index contributed by atoms with van der Waals surface area (Å²) in [7, 11) is 4.14. The fourth-order valence-electron chi connectivity index (χ4n) is 2.91. The summed E-state index contributed by atoms with van der Waals surface area (Å²) in [5, 5.41) is 6.94. The normalized spacial score (nSPS) is 19.9. The number of rotatable bonds is 2. The van der Waals surface area contributed by atoms with Crippen LogP contribution in [0.5, 0.6) is 0 Å². The smallest absolute Gasteiger partial charge is 0.0715 e. The largest absolute Gasteiger partial charge is 0.368 e. The standard InChI is InChI=1S/C15H22N4/c1-12-11-18(10-8-16-12)14-5-4-6-15-13(14)7-9-19(15)17(2)3/h4-7,9,12,16H,8,10-11H2,1-3H3. The maximum atomic E-state index is 3.50. The number of aromatic nitrogens is 1. The van der Waals surface area contributed by atoms with E-state index in [2.05, 4.69) is 71.4 Å². The van der Waals surface area contributed by atoms with Gasteiger partial charge in [-0.2, -0.15) is 0 Å². The van der Waals surface area contributed by atoms with Crippen molar-refractivity contribution in [2.75, 3.05) is 43.6 Å². The van der Waals surface area contributed by atoms with Crippen molar-refractivity contribution in [2.24, 2.45) is 0 Å². The molecule has 2 aromatic rings. The van der Waals surface area contributed by atoms with Gasteiger partial charge in [0.05, 0.1) is 5.52 Å². The highest BCUT2D eigenvalue weighted by atomic mass is 15.5. The summed E-state index contributed by atoms with van der Waals surface area (Å²) in [5.41, 5.74) is 2.63. The van der Waals surface area contributed by atoms with E-state index in [9.17, 15) is 0 Å². The topological polar surface area (TPSA) is 23.4 Å². The molecule has 1 unspecified atom stereocenters. The number of hydrogen-bond acceptors (Lipinski definition) is 3. The van der Waals surface area contributed by atoms with Crippen LogP contribution in [0.25, 0.3) is 10.9 Å². The van der Waals surface area contributed by atoms with Crippen LogP contribution in [0, 0.1) is 0 Å². The van der Waals surface area contributed by atoms with Gasteiger partial charge in [-0.25, -0.2) is 0 Å². The lowest BCUT2D eigenvalue weighted by Gasteiger charge is -2.34. The molecule has 1 atom stereocenters. The summed E-state index contributed by atoms with van der Waals surface area (Å²) in [5.74, 6) is 0. The number of nitrogens with one attached hydrogen (secondary N) is 1. The average molecular weight is 258 g/mol. The molecule has 102 valence electrons. The average Bonchev–Trinajstić information content (AvgIpc) is 2.82. The van der Waals surface area contributed by atoms with Crippen molar-refractivity contribution in [3.8, 4) is 0 Å². The van der Waals surface area contributed by atoms with Gasteiger partial charge in [0.25, 0.3) is 0 Å². The van der Waals surface area contributed by atoms with Crippen molar-refractivity contribution < 1.29 is 0 Å². The van der Waals surface area contributed by atoms with Crippen molar-refractivity contribution in [3.63, 3.8) is 0 Å². The summed E-state index contributed by atoms with van der Waals surface area (Å²) < 4.78 is 2.18. The number of benzene rings is 1. The van der Waals surface area contributed by atoms with Gasteiger partial charge < -0.3 is 15.2 Å². The lowest BCUT2D eigenvalue weighted by Crippen LogP contribution is -2.49. The van der Waals surface area contributed by atoms with Gasteiger partial charge in [-0.05, 0) is 25.1 Å². The van der Waals surface area contributed by atoms with Gasteiger partial charge in [0.2, 0.25) is 0 Å². The molecule has 0 spiro atoms. The van der Waals surface area contributed by atoms with Crippen molar-refractivity contribution in [1.82, 2.24) is 9.99 Å². The minimum absolute atomic E-state index is 0.556. The number of anilines is 1. The molecule has 1 aromatic heterocycles. The first kappa shape index (κ1) is 12.4. The lowest BCUT2D eigenvalue weighted by molar-refractivity contribution is 0.485. The Hall–Kier alpha value is -1.68. The Balaban J connectivity index is 2.04. The van der Waals surface area contributed by atoms with Gasteiger partial charge >= 0.3 is 0 Å². The fraction of sp³-hybridized carbons (Fsp3) is 0.467. The number of nitrogens with zero attached hydrogens (tertiary/aromatic N) is 3. The summed E-state index contributed by atoms with van der Waals surface area (Å²) in [6, 6.07) is 9.35. The van der Waals surface area contributed by atoms with Crippen LogP contribution >= 0.6 is 0 Å². The van der Waals surface area contributed by atoms with Crippen molar-refractivity contribution in [1.29, 1.82) is 0 Å². The van der Waals surface area contributed by atoms with Gasteiger partial charge in [-0.15, -0.1) is 0 Å². The van der Waals surface area contributed by atoms with Gasteiger partial charge in [0.1, 0.15) is 0 Å². The zero-order chi connectivity index (χ0) is 13.4. The molecule has 0 saturated carbocycles. The molecule has 1 fully saturated rings. The minimum atomic E-state index is 0.556. The Labute approximate surface area is 114 Å². The Bertz CT molecular complexity index is 573. The van der Waals surface area contributed by atoms with Gasteiger partial charge in [0, 0.05) is 57.0 Å². The summed E-state index contributed by atoms with van der Waals surface area (Å²) in [4.78, 5) is 2.49. The van der Waals surface area contributed by atoms with Crippen molar-refractivity contribution in [2.45, 2.75) is 13.0 Å². The SMILES string of the molecule is CC1CN(c2cccc3c2ccn3N(C)C)CCN1. The molecule has 0 radical (unpaired) electrons. The minimum Gasteiger partial charge on any atom is -0.368 e. The van der Waals surface area contributed by atoms with Crippen LogP contribution in [0.3, 0.4) is 0 Å². The quantitative estimate of drug-likeness (QED) is 0.886. The highest BCUT2D eigenvalue weighted by Gasteiger charge is 2.18. The summed E-state index contributed by atoms with van der Waals surface area (Å²) in [6.07, 6.45) is 2.14. The van der Waals surface area contributed by atoms with Crippen molar-refractivity contribution >= 4 is 16.6 Å².